The van der Waals surface area contributed by atoms with E-state index in [4.69, 9.17) is 0 Å². The highest BCUT2D eigenvalue weighted by Crippen LogP contribution is 2.16. The molecule has 0 nitrogen and oxygen atoms in total. The summed E-state index contributed by atoms with van der Waals surface area (Å²) >= 11 is 0. The molecule has 0 aromatic rings. The van der Waals surface area contributed by atoms with Gasteiger partial charge in [-0.05, 0) is 0 Å². The topological polar surface area (TPSA) is 0 Å². The fourth-order valence-electron chi connectivity index (χ4n) is 1.81. The first kappa shape index (κ1) is 16.1. The van der Waals surface area contributed by atoms with Gasteiger partial charge in [0, 0.05) is 0 Å². The normalized spacial score (nSPS) is 24.0. The molecule has 0 radical (unpaired) electrons. The molecule has 4 fully saturated rings. The van der Waals surface area contributed by atoms with Gasteiger partial charge in [0.15, 0.2) is 0 Å². The molecule has 0 aromatic carbocycles. The third kappa shape index (κ3) is 11.1. The van der Waals surface area contributed by atoms with E-state index in [0.717, 1.165) is 0 Å². The Morgan fingerprint density at radius 1 is 0.111 bits per heavy atom. The number of rotatable bonds is 0. The Balaban J connectivity index is 0.000000122. The van der Waals surface area contributed by atoms with Gasteiger partial charge in [-0.25, -0.2) is 0 Å². The van der Waals surface area contributed by atoms with Gasteiger partial charge < -0.3 is 0 Å². The Morgan fingerprint density at radius 3 is 0.222 bits per heavy atom. The smallest absolute Gasteiger partial charge is 0.0533 e. The van der Waals surface area contributed by atoms with Crippen molar-refractivity contribution < 1.29 is 0 Å². The van der Waals surface area contributed by atoms with E-state index in [1.807, 2.05) is 0 Å². The molecule has 0 spiro atoms. The van der Waals surface area contributed by atoms with Crippen LogP contribution in [0.2, 0.25) is 0 Å². The van der Waals surface area contributed by atoms with Gasteiger partial charge in [-0.1, -0.05) is 116 Å². The summed E-state index contributed by atoms with van der Waals surface area (Å²) in [6.45, 7) is 0. The molecule has 0 unspecified atom stereocenters. The lowest BCUT2D eigenvalue weighted by Gasteiger charge is -2.05. The van der Waals surface area contributed by atoms with Crippen LogP contribution >= 0.6 is 0 Å². The molecule has 0 saturated heterocycles. The number of hydrogen-bond donors (Lipinski definition) is 0. The van der Waals surface area contributed by atoms with Crippen molar-refractivity contribution in [2.75, 3.05) is 0 Å². The minimum absolute atomic E-state index is 1.50. The molecule has 0 N–H and O–H groups in total. The second-order valence-electron chi connectivity index (χ2n) is 6.36. The first-order valence-corrected chi connectivity index (χ1v) is 9.00. The molecule has 4 aliphatic carbocycles. The van der Waals surface area contributed by atoms with Crippen molar-refractivity contribution in [3.8, 4) is 0 Å². The van der Waals surface area contributed by atoms with Gasteiger partial charge in [-0.3, -0.25) is 0 Å². The minimum Gasteiger partial charge on any atom is -0.0533 e. The van der Waals surface area contributed by atoms with Crippen LogP contribution in [-0.2, 0) is 0 Å². The zero-order chi connectivity index (χ0) is 12.7. The quantitative estimate of drug-likeness (QED) is 0.434. The lowest BCUT2D eigenvalue weighted by Crippen LogP contribution is -1.85. The zero-order valence-corrected chi connectivity index (χ0v) is 12.7. The van der Waals surface area contributed by atoms with E-state index < -0.39 is 0 Å². The van der Waals surface area contributed by atoms with E-state index in [-0.39, 0.29) is 0 Å². The van der Waals surface area contributed by atoms with E-state index in [0.29, 0.717) is 0 Å². The number of hydrogen-bond acceptors (Lipinski definition) is 0. The molecule has 4 rings (SSSR count). The van der Waals surface area contributed by atoms with Crippen LogP contribution in [0.5, 0.6) is 0 Å². The van der Waals surface area contributed by atoms with Crippen molar-refractivity contribution in [3.05, 3.63) is 0 Å². The molecule has 0 bridgehead atoms. The van der Waals surface area contributed by atoms with Crippen molar-refractivity contribution in [2.45, 2.75) is 116 Å². The van der Waals surface area contributed by atoms with Crippen LogP contribution in [-0.4, -0.2) is 0 Å². The van der Waals surface area contributed by atoms with E-state index in [1.165, 1.54) is 116 Å². The van der Waals surface area contributed by atoms with Gasteiger partial charge in [-0.15, -0.1) is 0 Å². The first-order valence-electron chi connectivity index (χ1n) is 9.00. The molecule has 0 amide bonds. The molecule has 18 heavy (non-hydrogen) atoms. The van der Waals surface area contributed by atoms with Crippen molar-refractivity contribution >= 4 is 0 Å². The molecule has 0 atom stereocenters. The Labute approximate surface area is 116 Å². The van der Waals surface area contributed by atoms with Crippen molar-refractivity contribution in [2.24, 2.45) is 0 Å². The average molecular weight is 252 g/mol. The molecule has 4 saturated carbocycles. The highest BCUT2D eigenvalue weighted by Gasteiger charge is 1.96. The van der Waals surface area contributed by atoms with Crippen LogP contribution in [0, 0.1) is 0 Å². The SMILES string of the molecule is C1CCC1.C1CCC1.C1CCC1.C1CCCCC1. The minimum atomic E-state index is 1.50. The van der Waals surface area contributed by atoms with Crippen molar-refractivity contribution in [1.82, 2.24) is 0 Å². The molecule has 4 aliphatic rings. The molecule has 0 aliphatic heterocycles. The second kappa shape index (κ2) is 13.4. The highest BCUT2D eigenvalue weighted by atomic mass is 14.0. The fourth-order valence-corrected chi connectivity index (χ4v) is 1.81. The maximum absolute atomic E-state index is 1.50. The van der Waals surface area contributed by atoms with Crippen LogP contribution in [0.25, 0.3) is 0 Å². The highest BCUT2D eigenvalue weighted by molar-refractivity contribution is 4.52. The zero-order valence-electron chi connectivity index (χ0n) is 12.7. The summed E-state index contributed by atoms with van der Waals surface area (Å²) in [6.07, 6.45) is 27.0. The van der Waals surface area contributed by atoms with E-state index >= 15 is 0 Å². The lowest BCUT2D eigenvalue weighted by atomic mass is 10.0. The van der Waals surface area contributed by atoms with Gasteiger partial charge in [0.25, 0.3) is 0 Å². The Hall–Kier alpha value is 0. The lowest BCUT2D eigenvalue weighted by molar-refractivity contribution is 0.504. The Bertz CT molecular complexity index is 91.6. The molecular formula is C18H36. The van der Waals surface area contributed by atoms with Crippen LogP contribution in [0.15, 0.2) is 0 Å². The molecular weight excluding hydrogens is 216 g/mol. The van der Waals surface area contributed by atoms with Gasteiger partial charge in [0.2, 0.25) is 0 Å². The van der Waals surface area contributed by atoms with Crippen LogP contribution < -0.4 is 0 Å². The first-order chi connectivity index (χ1) is 9.00. The predicted molar refractivity (Wildman–Crippen MR) is 83.1 cm³/mol. The van der Waals surface area contributed by atoms with Crippen LogP contribution in [0.3, 0.4) is 0 Å². The molecule has 0 heterocycles. The fraction of sp³-hybridized carbons (Fsp3) is 1.00. The summed E-state index contributed by atoms with van der Waals surface area (Å²) in [4.78, 5) is 0. The van der Waals surface area contributed by atoms with E-state index in [2.05, 4.69) is 0 Å². The summed E-state index contributed by atoms with van der Waals surface area (Å²) in [5.74, 6) is 0. The third-order valence-corrected chi connectivity index (χ3v) is 4.50. The van der Waals surface area contributed by atoms with Crippen LogP contribution in [0.1, 0.15) is 116 Å². The molecule has 0 heteroatoms. The molecule has 108 valence electrons. The van der Waals surface area contributed by atoms with E-state index in [1.54, 1.807) is 0 Å². The summed E-state index contributed by atoms with van der Waals surface area (Å²) in [7, 11) is 0. The predicted octanol–water partition coefficient (Wildman–Crippen LogP) is 7.02. The van der Waals surface area contributed by atoms with Crippen LogP contribution in [0.4, 0.5) is 0 Å². The summed E-state index contributed by atoms with van der Waals surface area (Å²) in [6, 6.07) is 0. The maximum Gasteiger partial charge on any atom is -0.0533 e. The second-order valence-corrected chi connectivity index (χ2v) is 6.36. The monoisotopic (exact) mass is 252 g/mol. The summed E-state index contributed by atoms with van der Waals surface area (Å²) in [5, 5.41) is 0. The third-order valence-electron chi connectivity index (χ3n) is 4.50. The Kier molecular flexibility index (Phi) is 12.0. The largest absolute Gasteiger partial charge is 0.0533 e. The maximum atomic E-state index is 1.50. The van der Waals surface area contributed by atoms with Gasteiger partial charge in [0.05, 0.1) is 0 Å². The van der Waals surface area contributed by atoms with Gasteiger partial charge in [-0.2, -0.15) is 0 Å². The standard InChI is InChI=1S/C6H12.3C4H8/c1-2-4-6-5-3-1;3*1-2-4-3-1/h1-6H2;3*1-4H2. The van der Waals surface area contributed by atoms with Crippen molar-refractivity contribution in [3.63, 3.8) is 0 Å². The summed E-state index contributed by atoms with van der Waals surface area (Å²) in [5.41, 5.74) is 0. The van der Waals surface area contributed by atoms with Gasteiger partial charge >= 0.3 is 0 Å². The average Bonchev–Trinajstić information content (AvgIpc) is 2.12. The van der Waals surface area contributed by atoms with Gasteiger partial charge in [0.1, 0.15) is 0 Å². The Morgan fingerprint density at radius 2 is 0.167 bits per heavy atom. The summed E-state index contributed by atoms with van der Waals surface area (Å²) < 4.78 is 0. The molecule has 0 aromatic heterocycles. The van der Waals surface area contributed by atoms with E-state index in [9.17, 15) is 0 Å². The van der Waals surface area contributed by atoms with Crippen molar-refractivity contribution in [1.29, 1.82) is 0 Å².